The summed E-state index contributed by atoms with van der Waals surface area (Å²) >= 11 is 5.11. The monoisotopic (exact) mass is 356 g/mol. The lowest BCUT2D eigenvalue weighted by Gasteiger charge is -2.12. The zero-order valence-electron chi connectivity index (χ0n) is 12.4. The van der Waals surface area contributed by atoms with Crippen LogP contribution in [0.3, 0.4) is 0 Å². The van der Waals surface area contributed by atoms with Gasteiger partial charge in [0.1, 0.15) is 11.6 Å². The first-order valence-electron chi connectivity index (χ1n) is 6.98. The van der Waals surface area contributed by atoms with Gasteiger partial charge in [0.25, 0.3) is 0 Å². The number of nitrogens with one attached hydrogen (secondary N) is 3. The van der Waals surface area contributed by atoms with Crippen LogP contribution in [0.4, 0.5) is 24.7 Å². The van der Waals surface area contributed by atoms with Crippen molar-refractivity contribution in [1.29, 1.82) is 0 Å². The van der Waals surface area contributed by atoms with Crippen molar-refractivity contribution >= 4 is 28.8 Å². The van der Waals surface area contributed by atoms with Gasteiger partial charge in [-0.2, -0.15) is 0 Å². The van der Waals surface area contributed by atoms with Crippen molar-refractivity contribution in [2.24, 2.45) is 0 Å². The summed E-state index contributed by atoms with van der Waals surface area (Å²) in [6, 6.07) is 10.9. The van der Waals surface area contributed by atoms with Crippen LogP contribution in [0, 0.1) is 0 Å². The Morgan fingerprint density at radius 3 is 2.46 bits per heavy atom. The maximum atomic E-state index is 12.1. The predicted molar refractivity (Wildman–Crippen MR) is 90.1 cm³/mol. The maximum Gasteiger partial charge on any atom is 0.573 e. The summed E-state index contributed by atoms with van der Waals surface area (Å²) in [7, 11) is 0. The number of aromatic nitrogens is 1. The molecule has 1 heterocycles. The fraction of sp³-hybridized carbons (Fsp3) is 0.200. The van der Waals surface area contributed by atoms with E-state index in [4.69, 9.17) is 12.2 Å². The molecule has 0 aliphatic rings. The van der Waals surface area contributed by atoms with Gasteiger partial charge in [-0.05, 0) is 48.6 Å². The van der Waals surface area contributed by atoms with E-state index in [1.165, 1.54) is 24.3 Å². The molecule has 0 aliphatic heterocycles. The first kappa shape index (κ1) is 17.8. The number of anilines is 2. The summed E-state index contributed by atoms with van der Waals surface area (Å²) in [4.78, 5) is 4.12. The molecule has 0 atom stereocenters. The van der Waals surface area contributed by atoms with Crippen molar-refractivity contribution in [3.8, 4) is 5.75 Å². The first-order chi connectivity index (χ1) is 11.4. The first-order valence-corrected chi connectivity index (χ1v) is 7.39. The smallest absolute Gasteiger partial charge is 0.406 e. The summed E-state index contributed by atoms with van der Waals surface area (Å²) in [6.07, 6.45) is -3.01. The van der Waals surface area contributed by atoms with Crippen molar-refractivity contribution in [2.45, 2.75) is 6.36 Å². The zero-order chi connectivity index (χ0) is 17.4. The van der Waals surface area contributed by atoms with Gasteiger partial charge in [-0.3, -0.25) is 0 Å². The number of hydrogen-bond donors (Lipinski definition) is 3. The van der Waals surface area contributed by atoms with Gasteiger partial charge in [0.05, 0.1) is 0 Å². The molecule has 0 amide bonds. The number of rotatable bonds is 6. The molecule has 128 valence electrons. The molecule has 2 rings (SSSR count). The van der Waals surface area contributed by atoms with Crippen LogP contribution in [-0.2, 0) is 0 Å². The van der Waals surface area contributed by atoms with Crippen molar-refractivity contribution in [1.82, 2.24) is 10.3 Å². The predicted octanol–water partition coefficient (Wildman–Crippen LogP) is 3.38. The van der Waals surface area contributed by atoms with Crippen LogP contribution in [0.5, 0.6) is 5.75 Å². The third kappa shape index (κ3) is 6.69. The number of thiocarbonyl (C=S) groups is 1. The van der Waals surface area contributed by atoms with Gasteiger partial charge in [0.2, 0.25) is 0 Å². The van der Waals surface area contributed by atoms with Crippen LogP contribution in [0.15, 0.2) is 48.7 Å². The number of nitrogens with zero attached hydrogens (tertiary/aromatic N) is 1. The molecule has 3 N–H and O–H groups in total. The van der Waals surface area contributed by atoms with Crippen LogP contribution < -0.4 is 20.7 Å². The van der Waals surface area contributed by atoms with Crippen molar-refractivity contribution in [3.05, 3.63) is 48.7 Å². The Morgan fingerprint density at radius 1 is 1.08 bits per heavy atom. The second kappa shape index (κ2) is 8.34. The number of halogens is 3. The van der Waals surface area contributed by atoms with Crippen LogP contribution in [0.25, 0.3) is 0 Å². The van der Waals surface area contributed by atoms with Crippen molar-refractivity contribution in [2.75, 3.05) is 23.7 Å². The highest BCUT2D eigenvalue weighted by Gasteiger charge is 2.30. The lowest BCUT2D eigenvalue weighted by Crippen LogP contribution is -2.32. The minimum atomic E-state index is -4.70. The quantitative estimate of drug-likeness (QED) is 0.545. The summed E-state index contributed by atoms with van der Waals surface area (Å²) in [5.41, 5.74) is 0.555. The van der Waals surface area contributed by atoms with E-state index in [2.05, 4.69) is 25.7 Å². The largest absolute Gasteiger partial charge is 0.573 e. The second-order valence-electron chi connectivity index (χ2n) is 4.59. The molecule has 0 fully saturated rings. The van der Waals surface area contributed by atoms with E-state index in [1.807, 2.05) is 18.2 Å². The summed E-state index contributed by atoms with van der Waals surface area (Å²) < 4.78 is 40.0. The third-order valence-electron chi connectivity index (χ3n) is 2.73. The van der Waals surface area contributed by atoms with Gasteiger partial charge < -0.3 is 20.7 Å². The molecule has 0 saturated heterocycles. The van der Waals surface area contributed by atoms with Gasteiger partial charge in [0, 0.05) is 25.0 Å². The second-order valence-corrected chi connectivity index (χ2v) is 5.00. The zero-order valence-corrected chi connectivity index (χ0v) is 13.2. The molecule has 2 aromatic rings. The Bertz CT molecular complexity index is 650. The van der Waals surface area contributed by atoms with Gasteiger partial charge >= 0.3 is 6.36 Å². The molecular formula is C15H15F3N4OS. The van der Waals surface area contributed by atoms with Gasteiger partial charge in [-0.1, -0.05) is 6.07 Å². The lowest BCUT2D eigenvalue weighted by molar-refractivity contribution is -0.274. The molecule has 24 heavy (non-hydrogen) atoms. The Kier molecular flexibility index (Phi) is 6.19. The van der Waals surface area contributed by atoms with Crippen molar-refractivity contribution in [3.63, 3.8) is 0 Å². The van der Waals surface area contributed by atoms with Crippen molar-refractivity contribution < 1.29 is 17.9 Å². The molecule has 0 unspecified atom stereocenters. The van der Waals surface area contributed by atoms with E-state index in [0.29, 0.717) is 23.9 Å². The highest BCUT2D eigenvalue weighted by molar-refractivity contribution is 7.80. The van der Waals surface area contributed by atoms with E-state index < -0.39 is 6.36 Å². The summed E-state index contributed by atoms with van der Waals surface area (Å²) in [5.74, 6) is 0.477. The Hall–Kier alpha value is -2.55. The van der Waals surface area contributed by atoms with E-state index in [1.54, 1.807) is 6.20 Å². The molecule has 1 aromatic heterocycles. The number of benzene rings is 1. The van der Waals surface area contributed by atoms with Gasteiger partial charge in [0.15, 0.2) is 5.11 Å². The SMILES string of the molecule is FC(F)(F)Oc1ccc(NC(=S)NCCNc2ccccn2)cc1. The average Bonchev–Trinajstić information content (AvgIpc) is 2.53. The van der Waals surface area contributed by atoms with E-state index in [9.17, 15) is 13.2 Å². The third-order valence-corrected chi connectivity index (χ3v) is 2.97. The number of alkyl halides is 3. The molecule has 1 aromatic carbocycles. The van der Waals surface area contributed by atoms with Gasteiger partial charge in [-0.25, -0.2) is 4.98 Å². The average molecular weight is 356 g/mol. The maximum absolute atomic E-state index is 12.1. The number of hydrogen-bond acceptors (Lipinski definition) is 4. The molecule has 0 bridgehead atoms. The Balaban J connectivity index is 1.70. The number of ether oxygens (including phenoxy) is 1. The van der Waals surface area contributed by atoms with Crippen LogP contribution >= 0.6 is 12.2 Å². The molecule has 5 nitrogen and oxygen atoms in total. The van der Waals surface area contributed by atoms with Crippen LogP contribution in [0.2, 0.25) is 0 Å². The van der Waals surface area contributed by atoms with Crippen LogP contribution in [0.1, 0.15) is 0 Å². The Morgan fingerprint density at radius 2 is 1.83 bits per heavy atom. The molecule has 9 heteroatoms. The fourth-order valence-electron chi connectivity index (χ4n) is 1.75. The van der Waals surface area contributed by atoms with E-state index in [-0.39, 0.29) is 5.75 Å². The van der Waals surface area contributed by atoms with E-state index >= 15 is 0 Å². The molecular weight excluding hydrogens is 341 g/mol. The standard InChI is InChI=1S/C15H15F3N4OS/c16-15(17,18)23-12-6-4-11(5-7-12)22-14(24)21-10-9-20-13-3-1-2-8-19-13/h1-8H,9-10H2,(H,19,20)(H2,21,22,24). The minimum absolute atomic E-state index is 0.286. The highest BCUT2D eigenvalue weighted by Crippen LogP contribution is 2.23. The Labute approximate surface area is 142 Å². The fourth-order valence-corrected chi connectivity index (χ4v) is 1.97. The minimum Gasteiger partial charge on any atom is -0.406 e. The summed E-state index contributed by atoms with van der Waals surface area (Å²) in [6.45, 7) is 1.16. The molecule has 0 saturated carbocycles. The highest BCUT2D eigenvalue weighted by atomic mass is 32.1. The molecule has 0 aliphatic carbocycles. The van der Waals surface area contributed by atoms with Crippen LogP contribution in [-0.4, -0.2) is 29.5 Å². The number of pyridine rings is 1. The molecule has 0 spiro atoms. The summed E-state index contributed by atoms with van der Waals surface area (Å²) in [5, 5.41) is 9.32. The van der Waals surface area contributed by atoms with Gasteiger partial charge in [-0.15, -0.1) is 13.2 Å². The van der Waals surface area contributed by atoms with E-state index in [0.717, 1.165) is 5.82 Å². The molecule has 0 radical (unpaired) electrons. The normalized spacial score (nSPS) is 10.8. The topological polar surface area (TPSA) is 58.2 Å². The lowest BCUT2D eigenvalue weighted by atomic mass is 10.3.